The van der Waals surface area contributed by atoms with E-state index in [9.17, 15) is 0 Å². The largest absolute Gasteiger partial charge is 0.311 e. The van der Waals surface area contributed by atoms with Gasteiger partial charge in [0.05, 0.1) is 0 Å². The summed E-state index contributed by atoms with van der Waals surface area (Å²) in [7, 11) is 2.22. The highest BCUT2D eigenvalue weighted by Crippen LogP contribution is 2.00. The molecule has 2 rings (SSSR count). The molecule has 0 bridgehead atoms. The number of hydrogen-bond donors (Lipinski definition) is 1. The third kappa shape index (κ3) is 4.77. The molecule has 0 saturated carbocycles. The molecule has 1 saturated heterocycles. The van der Waals surface area contributed by atoms with Gasteiger partial charge in [0.15, 0.2) is 0 Å². The van der Waals surface area contributed by atoms with Crippen LogP contribution in [0.5, 0.6) is 0 Å². The smallest absolute Gasteiger partial charge is 0.0206 e. The highest BCUT2D eigenvalue weighted by atomic mass is 15.2. The number of nitrogens with one attached hydrogen (secondary N) is 1. The van der Waals surface area contributed by atoms with Crippen LogP contribution in [0.1, 0.15) is 12.0 Å². The van der Waals surface area contributed by atoms with Gasteiger partial charge in [0.25, 0.3) is 0 Å². The maximum absolute atomic E-state index is 3.53. The standard InChI is InChI=1S/C15H25N3/c1-17-9-5-10-18(13-12-17)11-8-16-14-15-6-3-2-4-7-15/h2-4,6-7,16H,5,8-14H2,1H3. The zero-order chi connectivity index (χ0) is 12.6. The van der Waals surface area contributed by atoms with Crippen molar-refractivity contribution in [3.63, 3.8) is 0 Å². The summed E-state index contributed by atoms with van der Waals surface area (Å²) in [6, 6.07) is 10.6. The Kier molecular flexibility index (Phi) is 5.65. The molecule has 3 heteroatoms. The first-order valence-electron chi connectivity index (χ1n) is 7.00. The van der Waals surface area contributed by atoms with Gasteiger partial charge in [0.2, 0.25) is 0 Å². The van der Waals surface area contributed by atoms with E-state index < -0.39 is 0 Å². The lowest BCUT2D eigenvalue weighted by Gasteiger charge is -2.20. The molecule has 1 fully saturated rings. The van der Waals surface area contributed by atoms with E-state index in [1.165, 1.54) is 44.7 Å². The molecule has 1 heterocycles. The fourth-order valence-corrected chi connectivity index (χ4v) is 2.39. The summed E-state index contributed by atoms with van der Waals surface area (Å²) < 4.78 is 0. The molecule has 0 amide bonds. The Morgan fingerprint density at radius 2 is 1.89 bits per heavy atom. The van der Waals surface area contributed by atoms with Gasteiger partial charge in [-0.2, -0.15) is 0 Å². The molecule has 0 aromatic heterocycles. The molecule has 0 spiro atoms. The van der Waals surface area contributed by atoms with E-state index in [1.807, 2.05) is 0 Å². The summed E-state index contributed by atoms with van der Waals surface area (Å²) in [4.78, 5) is 5.00. The van der Waals surface area contributed by atoms with Crippen molar-refractivity contribution in [3.8, 4) is 0 Å². The van der Waals surface area contributed by atoms with Gasteiger partial charge in [-0.15, -0.1) is 0 Å². The Bertz CT molecular complexity index is 326. The highest BCUT2D eigenvalue weighted by Gasteiger charge is 2.10. The normalized spacial score (nSPS) is 18.7. The number of likely N-dealkylation sites (N-methyl/N-ethyl adjacent to an activating group) is 1. The molecule has 1 N–H and O–H groups in total. The molecule has 1 aliphatic rings. The Balaban J connectivity index is 1.60. The molecular formula is C15H25N3. The second-order valence-electron chi connectivity index (χ2n) is 5.16. The van der Waals surface area contributed by atoms with Crippen molar-refractivity contribution in [3.05, 3.63) is 35.9 Å². The Labute approximate surface area is 111 Å². The quantitative estimate of drug-likeness (QED) is 0.794. The van der Waals surface area contributed by atoms with Crippen LogP contribution in [0, 0.1) is 0 Å². The molecule has 1 aliphatic heterocycles. The summed E-state index contributed by atoms with van der Waals surface area (Å²) >= 11 is 0. The van der Waals surface area contributed by atoms with E-state index in [4.69, 9.17) is 0 Å². The van der Waals surface area contributed by atoms with E-state index in [0.717, 1.165) is 13.1 Å². The van der Waals surface area contributed by atoms with Gasteiger partial charge in [-0.3, -0.25) is 0 Å². The van der Waals surface area contributed by atoms with Gasteiger partial charge in [0.1, 0.15) is 0 Å². The van der Waals surface area contributed by atoms with Crippen LogP contribution in [0.3, 0.4) is 0 Å². The average molecular weight is 247 g/mol. The maximum Gasteiger partial charge on any atom is 0.0206 e. The van der Waals surface area contributed by atoms with Crippen molar-refractivity contribution in [1.29, 1.82) is 0 Å². The van der Waals surface area contributed by atoms with Crippen molar-refractivity contribution in [2.45, 2.75) is 13.0 Å². The van der Waals surface area contributed by atoms with Crippen LogP contribution >= 0.6 is 0 Å². The zero-order valence-electron chi connectivity index (χ0n) is 11.4. The minimum atomic E-state index is 0.981. The Hall–Kier alpha value is -0.900. The van der Waals surface area contributed by atoms with Crippen molar-refractivity contribution < 1.29 is 0 Å². The van der Waals surface area contributed by atoms with Crippen LogP contribution in [0.15, 0.2) is 30.3 Å². The fourth-order valence-electron chi connectivity index (χ4n) is 2.39. The monoisotopic (exact) mass is 247 g/mol. The first kappa shape index (κ1) is 13.5. The molecule has 0 unspecified atom stereocenters. The van der Waals surface area contributed by atoms with Gasteiger partial charge >= 0.3 is 0 Å². The summed E-state index contributed by atoms with van der Waals surface area (Å²) in [6.07, 6.45) is 1.30. The zero-order valence-corrected chi connectivity index (χ0v) is 11.4. The summed E-state index contributed by atoms with van der Waals surface area (Å²) in [6.45, 7) is 8.14. The van der Waals surface area contributed by atoms with E-state index >= 15 is 0 Å². The second kappa shape index (κ2) is 7.52. The van der Waals surface area contributed by atoms with Crippen molar-refractivity contribution in [1.82, 2.24) is 15.1 Å². The lowest BCUT2D eigenvalue weighted by atomic mass is 10.2. The molecular weight excluding hydrogens is 222 g/mol. The lowest BCUT2D eigenvalue weighted by molar-refractivity contribution is 0.275. The van der Waals surface area contributed by atoms with Gasteiger partial charge < -0.3 is 15.1 Å². The first-order chi connectivity index (χ1) is 8.84. The van der Waals surface area contributed by atoms with Crippen LogP contribution in [0.25, 0.3) is 0 Å². The van der Waals surface area contributed by atoms with Crippen molar-refractivity contribution >= 4 is 0 Å². The lowest BCUT2D eigenvalue weighted by Crippen LogP contribution is -2.34. The molecule has 0 atom stereocenters. The summed E-state index contributed by atoms with van der Waals surface area (Å²) in [5.74, 6) is 0. The van der Waals surface area contributed by atoms with E-state index in [-0.39, 0.29) is 0 Å². The minimum absolute atomic E-state index is 0.981. The number of nitrogens with zero attached hydrogens (tertiary/aromatic N) is 2. The topological polar surface area (TPSA) is 18.5 Å². The molecule has 3 nitrogen and oxygen atoms in total. The molecule has 0 radical (unpaired) electrons. The third-order valence-electron chi connectivity index (χ3n) is 3.59. The summed E-state index contributed by atoms with van der Waals surface area (Å²) in [5.41, 5.74) is 1.37. The average Bonchev–Trinajstić information content (AvgIpc) is 2.61. The van der Waals surface area contributed by atoms with Gasteiger partial charge in [-0.25, -0.2) is 0 Å². The van der Waals surface area contributed by atoms with Crippen molar-refractivity contribution in [2.24, 2.45) is 0 Å². The molecule has 1 aromatic carbocycles. The van der Waals surface area contributed by atoms with Gasteiger partial charge in [0, 0.05) is 32.7 Å². The Morgan fingerprint density at radius 1 is 1.06 bits per heavy atom. The van der Waals surface area contributed by atoms with Gasteiger partial charge in [-0.1, -0.05) is 30.3 Å². The van der Waals surface area contributed by atoms with Crippen LogP contribution in [0.4, 0.5) is 0 Å². The second-order valence-corrected chi connectivity index (χ2v) is 5.16. The third-order valence-corrected chi connectivity index (χ3v) is 3.59. The first-order valence-corrected chi connectivity index (χ1v) is 7.00. The fraction of sp³-hybridized carbons (Fsp3) is 0.600. The molecule has 0 aliphatic carbocycles. The van der Waals surface area contributed by atoms with Crippen LogP contribution < -0.4 is 5.32 Å². The van der Waals surface area contributed by atoms with E-state index in [0.29, 0.717) is 0 Å². The number of rotatable bonds is 5. The highest BCUT2D eigenvalue weighted by molar-refractivity contribution is 5.14. The Morgan fingerprint density at radius 3 is 2.72 bits per heavy atom. The maximum atomic E-state index is 3.53. The minimum Gasteiger partial charge on any atom is -0.311 e. The molecule has 18 heavy (non-hydrogen) atoms. The van der Waals surface area contributed by atoms with Crippen LogP contribution in [0.2, 0.25) is 0 Å². The SMILES string of the molecule is CN1CCCN(CCNCc2ccccc2)CC1. The molecule has 1 aromatic rings. The van der Waals surface area contributed by atoms with Crippen LogP contribution in [-0.4, -0.2) is 56.1 Å². The predicted molar refractivity (Wildman–Crippen MR) is 76.7 cm³/mol. The van der Waals surface area contributed by atoms with E-state index in [2.05, 4.69) is 52.5 Å². The predicted octanol–water partition coefficient (Wildman–Crippen LogP) is 1.41. The van der Waals surface area contributed by atoms with Gasteiger partial charge in [-0.05, 0) is 32.1 Å². The van der Waals surface area contributed by atoms with E-state index in [1.54, 1.807) is 0 Å². The van der Waals surface area contributed by atoms with Crippen LogP contribution in [-0.2, 0) is 6.54 Å². The van der Waals surface area contributed by atoms with Crippen molar-refractivity contribution in [2.75, 3.05) is 46.3 Å². The summed E-state index contributed by atoms with van der Waals surface area (Å²) in [5, 5.41) is 3.53. The number of hydrogen-bond acceptors (Lipinski definition) is 3. The molecule has 100 valence electrons. The number of benzene rings is 1.